The van der Waals surface area contributed by atoms with E-state index in [1.165, 1.54) is 0 Å². The highest BCUT2D eigenvalue weighted by Gasteiger charge is 2.36. The third-order valence-corrected chi connectivity index (χ3v) is 4.99. The van der Waals surface area contributed by atoms with E-state index in [0.29, 0.717) is 25.8 Å². The van der Waals surface area contributed by atoms with E-state index in [2.05, 4.69) is 20.7 Å². The Balaban J connectivity index is 1.41. The van der Waals surface area contributed by atoms with E-state index in [9.17, 15) is 9.90 Å². The number of nitrogens with zero attached hydrogens (tertiary/aromatic N) is 5. The van der Waals surface area contributed by atoms with Gasteiger partial charge in [-0.1, -0.05) is 17.3 Å². The maximum Gasteiger partial charge on any atom is 0.222 e. The molecule has 0 radical (unpaired) electrons. The molecule has 0 aliphatic heterocycles. The summed E-state index contributed by atoms with van der Waals surface area (Å²) < 4.78 is 3.48. The van der Waals surface area contributed by atoms with Crippen molar-refractivity contribution in [2.75, 3.05) is 0 Å². The third-order valence-electron chi connectivity index (χ3n) is 4.99. The number of hydrogen-bond donors (Lipinski definition) is 2. The van der Waals surface area contributed by atoms with Crippen molar-refractivity contribution in [1.29, 1.82) is 0 Å². The van der Waals surface area contributed by atoms with E-state index < -0.39 is 0 Å². The minimum atomic E-state index is -0.266. The lowest BCUT2D eigenvalue weighted by atomic mass is 9.75. The highest BCUT2D eigenvalue weighted by atomic mass is 16.3. The number of fused-ring (bicyclic) bond motifs is 1. The summed E-state index contributed by atoms with van der Waals surface area (Å²) in [5.74, 6) is 0.199. The first kappa shape index (κ1) is 16.7. The average molecular weight is 354 g/mol. The molecular weight excluding hydrogens is 332 g/mol. The number of aliphatic hydroxyl groups is 1. The first-order valence-electron chi connectivity index (χ1n) is 8.84. The number of aromatic nitrogens is 5. The van der Waals surface area contributed by atoms with Crippen LogP contribution in [0.4, 0.5) is 0 Å². The fourth-order valence-electron chi connectivity index (χ4n) is 3.51. The van der Waals surface area contributed by atoms with Crippen molar-refractivity contribution in [3.63, 3.8) is 0 Å². The maximum atomic E-state index is 12.5. The van der Waals surface area contributed by atoms with Crippen LogP contribution in [-0.4, -0.2) is 41.9 Å². The lowest BCUT2D eigenvalue weighted by Gasteiger charge is -2.37. The Morgan fingerprint density at radius 2 is 2.19 bits per heavy atom. The topological polar surface area (TPSA) is 97.9 Å². The molecule has 1 amide bonds. The number of nitrogens with one attached hydrogen (secondary N) is 1. The Hall–Kier alpha value is -2.74. The van der Waals surface area contributed by atoms with E-state index in [1.54, 1.807) is 15.6 Å². The lowest BCUT2D eigenvalue weighted by molar-refractivity contribution is -0.123. The Bertz CT molecular complexity index is 911. The molecule has 0 saturated heterocycles. The molecule has 0 bridgehead atoms. The molecule has 1 aliphatic carbocycles. The number of para-hydroxylation sites is 1. The Morgan fingerprint density at radius 1 is 1.38 bits per heavy atom. The lowest BCUT2D eigenvalue weighted by Crippen LogP contribution is -2.41. The van der Waals surface area contributed by atoms with Crippen molar-refractivity contribution in [2.24, 2.45) is 13.0 Å². The molecule has 1 aromatic carbocycles. The summed E-state index contributed by atoms with van der Waals surface area (Å²) in [6, 6.07) is 7.58. The quantitative estimate of drug-likeness (QED) is 0.693. The van der Waals surface area contributed by atoms with Gasteiger partial charge in [0, 0.05) is 25.2 Å². The molecule has 1 atom stereocenters. The van der Waals surface area contributed by atoms with Gasteiger partial charge in [-0.15, -0.1) is 5.10 Å². The van der Waals surface area contributed by atoms with Crippen molar-refractivity contribution in [2.45, 2.75) is 38.0 Å². The first-order valence-corrected chi connectivity index (χ1v) is 8.84. The van der Waals surface area contributed by atoms with Gasteiger partial charge in [-0.25, -0.2) is 4.68 Å². The van der Waals surface area contributed by atoms with Crippen LogP contribution in [0, 0.1) is 5.92 Å². The van der Waals surface area contributed by atoms with E-state index in [0.717, 1.165) is 16.6 Å². The number of amides is 1. The summed E-state index contributed by atoms with van der Waals surface area (Å²) in [5, 5.41) is 25.2. The largest absolute Gasteiger partial charge is 0.393 e. The van der Waals surface area contributed by atoms with E-state index in [-0.39, 0.29) is 24.0 Å². The summed E-state index contributed by atoms with van der Waals surface area (Å²) in [6.07, 6.45) is 5.15. The number of carbonyl (C=O) groups is 1. The SMILES string of the molecule is Cn1cc(C(NC(=O)CCn2nnc3ccccc32)C2CC(O)C2)cn1. The molecule has 1 saturated carbocycles. The standard InChI is InChI=1S/C18H22N6O2/c1-23-11-13(10-19-23)18(12-8-14(25)9-12)20-17(26)6-7-24-16-5-3-2-4-15(16)21-22-24/h2-5,10-12,14,18,25H,6-9H2,1H3,(H,20,26). The fraction of sp³-hybridized carbons (Fsp3) is 0.444. The molecule has 8 heteroatoms. The van der Waals surface area contributed by atoms with Crippen LogP contribution in [-0.2, 0) is 18.4 Å². The molecule has 3 aromatic rings. The molecule has 2 aromatic heterocycles. The van der Waals surface area contributed by atoms with Crippen LogP contribution in [0.3, 0.4) is 0 Å². The zero-order chi connectivity index (χ0) is 18.1. The van der Waals surface area contributed by atoms with Crippen LogP contribution in [0.25, 0.3) is 11.0 Å². The van der Waals surface area contributed by atoms with Crippen LogP contribution in [0.1, 0.15) is 30.9 Å². The Kier molecular flexibility index (Phi) is 4.42. The number of hydrogen-bond acceptors (Lipinski definition) is 5. The number of benzene rings is 1. The van der Waals surface area contributed by atoms with Gasteiger partial charge >= 0.3 is 0 Å². The number of rotatable bonds is 6. The molecule has 2 heterocycles. The third kappa shape index (κ3) is 3.32. The number of carbonyl (C=O) groups excluding carboxylic acids is 1. The summed E-state index contributed by atoms with van der Waals surface area (Å²) in [5.41, 5.74) is 2.72. The minimum Gasteiger partial charge on any atom is -0.393 e. The van der Waals surface area contributed by atoms with Gasteiger partial charge in [0.2, 0.25) is 5.91 Å². The van der Waals surface area contributed by atoms with E-state index >= 15 is 0 Å². The summed E-state index contributed by atoms with van der Waals surface area (Å²) in [4.78, 5) is 12.5. The van der Waals surface area contributed by atoms with Gasteiger partial charge in [0.15, 0.2) is 0 Å². The van der Waals surface area contributed by atoms with Gasteiger partial charge in [0.1, 0.15) is 5.52 Å². The monoisotopic (exact) mass is 354 g/mol. The predicted molar refractivity (Wildman–Crippen MR) is 95.0 cm³/mol. The van der Waals surface area contributed by atoms with Crippen molar-refractivity contribution in [3.8, 4) is 0 Å². The molecule has 2 N–H and O–H groups in total. The van der Waals surface area contributed by atoms with Gasteiger partial charge in [-0.3, -0.25) is 9.48 Å². The van der Waals surface area contributed by atoms with Crippen LogP contribution in [0.5, 0.6) is 0 Å². The second-order valence-electron chi connectivity index (χ2n) is 6.93. The maximum absolute atomic E-state index is 12.5. The van der Waals surface area contributed by atoms with Gasteiger partial charge in [-0.05, 0) is 30.9 Å². The number of aryl methyl sites for hydroxylation is 2. The molecule has 8 nitrogen and oxygen atoms in total. The summed E-state index contributed by atoms with van der Waals surface area (Å²) in [7, 11) is 1.85. The van der Waals surface area contributed by atoms with Crippen LogP contribution in [0.15, 0.2) is 36.7 Å². The second-order valence-corrected chi connectivity index (χ2v) is 6.93. The van der Waals surface area contributed by atoms with Gasteiger partial charge in [0.05, 0.1) is 30.4 Å². The molecule has 1 fully saturated rings. The molecular formula is C18H22N6O2. The molecule has 1 aliphatic rings. The predicted octanol–water partition coefficient (Wildman–Crippen LogP) is 1.18. The molecule has 26 heavy (non-hydrogen) atoms. The number of aliphatic hydroxyl groups excluding tert-OH is 1. The molecule has 0 spiro atoms. The molecule has 136 valence electrons. The van der Waals surface area contributed by atoms with Gasteiger partial charge in [0.25, 0.3) is 0 Å². The summed E-state index contributed by atoms with van der Waals surface area (Å²) in [6.45, 7) is 0.472. The highest BCUT2D eigenvalue weighted by molar-refractivity contribution is 5.77. The van der Waals surface area contributed by atoms with Gasteiger partial charge < -0.3 is 10.4 Å². The van der Waals surface area contributed by atoms with E-state index in [4.69, 9.17) is 0 Å². The van der Waals surface area contributed by atoms with Crippen LogP contribution < -0.4 is 5.32 Å². The molecule has 1 unspecified atom stereocenters. The van der Waals surface area contributed by atoms with Crippen molar-refractivity contribution in [1.82, 2.24) is 30.1 Å². The van der Waals surface area contributed by atoms with Crippen molar-refractivity contribution in [3.05, 3.63) is 42.2 Å². The Morgan fingerprint density at radius 3 is 2.92 bits per heavy atom. The van der Waals surface area contributed by atoms with Crippen molar-refractivity contribution >= 4 is 16.9 Å². The Labute approximate surface area is 150 Å². The minimum absolute atomic E-state index is 0.0418. The highest BCUT2D eigenvalue weighted by Crippen LogP contribution is 2.38. The van der Waals surface area contributed by atoms with Crippen LogP contribution >= 0.6 is 0 Å². The normalized spacial score (nSPS) is 20.7. The smallest absolute Gasteiger partial charge is 0.222 e. The fourth-order valence-corrected chi connectivity index (χ4v) is 3.51. The average Bonchev–Trinajstić information content (AvgIpc) is 3.22. The van der Waals surface area contributed by atoms with Gasteiger partial charge in [-0.2, -0.15) is 5.10 Å². The van der Waals surface area contributed by atoms with Crippen molar-refractivity contribution < 1.29 is 9.90 Å². The van der Waals surface area contributed by atoms with Crippen LogP contribution in [0.2, 0.25) is 0 Å². The zero-order valence-corrected chi connectivity index (χ0v) is 14.6. The molecule has 4 rings (SSSR count). The van der Waals surface area contributed by atoms with E-state index in [1.807, 2.05) is 37.5 Å². The summed E-state index contributed by atoms with van der Waals surface area (Å²) >= 11 is 0. The first-order chi connectivity index (χ1) is 12.6. The second kappa shape index (κ2) is 6.87. The zero-order valence-electron chi connectivity index (χ0n) is 14.6.